The summed E-state index contributed by atoms with van der Waals surface area (Å²) < 4.78 is 22.9. The van der Waals surface area contributed by atoms with Gasteiger partial charge in [0.2, 0.25) is 0 Å². The van der Waals surface area contributed by atoms with Crippen molar-refractivity contribution in [3.8, 4) is 0 Å². The number of nitrogens with zero attached hydrogens (tertiary/aromatic N) is 4. The zero-order valence-electron chi connectivity index (χ0n) is 22.4. The van der Waals surface area contributed by atoms with Crippen molar-refractivity contribution in [2.45, 2.75) is 49.2 Å². The number of aromatic nitrogens is 4. The van der Waals surface area contributed by atoms with E-state index in [1.54, 1.807) is 6.07 Å². The molecule has 14 nitrogen and oxygen atoms in total. The van der Waals surface area contributed by atoms with E-state index in [-0.39, 0.29) is 23.4 Å². The summed E-state index contributed by atoms with van der Waals surface area (Å²) in [5.41, 5.74) is 1.66. The lowest BCUT2D eigenvalue weighted by Gasteiger charge is -2.38. The summed E-state index contributed by atoms with van der Waals surface area (Å²) in [5.74, 6) is 0.230. The van der Waals surface area contributed by atoms with Crippen LogP contribution >= 0.6 is 7.82 Å². The van der Waals surface area contributed by atoms with Gasteiger partial charge >= 0.3 is 7.82 Å². The highest BCUT2D eigenvalue weighted by atomic mass is 31.2. The number of hydrogen-bond donors (Lipinski definition) is 7. The van der Waals surface area contributed by atoms with E-state index in [9.17, 15) is 25.0 Å². The number of rotatable bonds is 6. The van der Waals surface area contributed by atoms with Gasteiger partial charge in [-0.05, 0) is 32.7 Å². The van der Waals surface area contributed by atoms with Crippen LogP contribution in [0.2, 0.25) is 0 Å². The average molecular weight is 610 g/mol. The predicted octanol–water partition coefficient (Wildman–Crippen LogP) is 1.81. The molecule has 224 valence electrons. The molecule has 1 aliphatic heterocycles. The Morgan fingerprint density at radius 3 is 2.56 bits per heavy atom. The molecule has 0 spiro atoms. The molecule has 7 rings (SSSR count). The second-order valence-electron chi connectivity index (χ2n) is 10.8. The number of aliphatic hydroxyl groups is 4. The smallest absolute Gasteiger partial charge is 0.388 e. The third-order valence-corrected chi connectivity index (χ3v) is 8.63. The van der Waals surface area contributed by atoms with Gasteiger partial charge in [0.05, 0.1) is 25.1 Å². The first-order valence-electron chi connectivity index (χ1n) is 13.6. The van der Waals surface area contributed by atoms with Crippen molar-refractivity contribution < 1.29 is 44.0 Å². The van der Waals surface area contributed by atoms with Gasteiger partial charge < -0.3 is 40.3 Å². The molecule has 0 radical (unpaired) electrons. The zero-order chi connectivity index (χ0) is 30.0. The number of ether oxygens (including phenoxy) is 1. The third-order valence-electron chi connectivity index (χ3n) is 8.15. The van der Waals surface area contributed by atoms with E-state index >= 15 is 0 Å². The van der Waals surface area contributed by atoms with Crippen LogP contribution in [0.4, 0.5) is 5.82 Å². The number of anilines is 1. The summed E-state index contributed by atoms with van der Waals surface area (Å²) in [7, 11) is -4.71. The molecule has 43 heavy (non-hydrogen) atoms. The van der Waals surface area contributed by atoms with Gasteiger partial charge in [-0.2, -0.15) is 0 Å². The van der Waals surface area contributed by atoms with Crippen molar-refractivity contribution >= 4 is 46.3 Å². The molecule has 15 heteroatoms. The Balaban J connectivity index is 1.28. The summed E-state index contributed by atoms with van der Waals surface area (Å²) in [5, 5.41) is 50.6. The van der Waals surface area contributed by atoms with Gasteiger partial charge in [-0.3, -0.25) is 9.09 Å². The number of phosphoric ester groups is 1. The fourth-order valence-electron chi connectivity index (χ4n) is 6.19. The number of fused-ring (bicyclic) bond motifs is 6. The van der Waals surface area contributed by atoms with Gasteiger partial charge in [0.25, 0.3) is 0 Å². The van der Waals surface area contributed by atoms with Crippen LogP contribution in [0.1, 0.15) is 35.9 Å². The summed E-state index contributed by atoms with van der Waals surface area (Å²) >= 11 is 0. The van der Waals surface area contributed by atoms with Crippen LogP contribution in [-0.4, -0.2) is 80.8 Å². The van der Waals surface area contributed by atoms with Crippen molar-refractivity contribution in [1.82, 2.24) is 19.5 Å². The highest BCUT2D eigenvalue weighted by Crippen LogP contribution is 2.45. The monoisotopic (exact) mass is 609 g/mol. The lowest BCUT2D eigenvalue weighted by Crippen LogP contribution is -2.44. The van der Waals surface area contributed by atoms with Crippen LogP contribution in [-0.2, 0) is 13.8 Å². The molecule has 1 saturated heterocycles. The van der Waals surface area contributed by atoms with E-state index in [0.717, 1.165) is 21.5 Å². The molecular weight excluding hydrogens is 581 g/mol. The van der Waals surface area contributed by atoms with E-state index in [0.29, 0.717) is 11.1 Å². The van der Waals surface area contributed by atoms with Gasteiger partial charge in [-0.15, -0.1) is 0 Å². The van der Waals surface area contributed by atoms with E-state index < -0.39 is 57.2 Å². The Bertz CT molecular complexity index is 1900. The van der Waals surface area contributed by atoms with Crippen LogP contribution in [0.3, 0.4) is 0 Å². The van der Waals surface area contributed by atoms with E-state index in [2.05, 4.69) is 24.8 Å². The largest absolute Gasteiger partial charge is 0.469 e. The minimum Gasteiger partial charge on any atom is -0.388 e. The standard InChI is InChI=1S/C28H28N5O9P/c34-18-9-15(10-41-43(38,39)40)42-28(18)33-12-31-22-26(29-11-30-27(22)33)32-21-20-17(23(35)25(37)24(21)36)8-7-14-6-5-13-3-1-2-4-16(13)19(14)20/h1-8,11-12,15,18,21,23-25,28,34-37H,9-10H2,(H,29,30,32)(H2,38,39,40)/t15-,18+,21-,23+,24+,25-,28+/m0/s1. The second-order valence-corrected chi connectivity index (χ2v) is 12.0. The van der Waals surface area contributed by atoms with E-state index in [4.69, 9.17) is 14.5 Å². The van der Waals surface area contributed by atoms with Crippen molar-refractivity contribution in [2.75, 3.05) is 11.9 Å². The van der Waals surface area contributed by atoms with Gasteiger partial charge in [-0.25, -0.2) is 19.5 Å². The normalized spacial score (nSPS) is 27.6. The molecule has 0 bridgehead atoms. The fourth-order valence-corrected chi connectivity index (χ4v) is 6.55. The van der Waals surface area contributed by atoms with Gasteiger partial charge in [0.15, 0.2) is 23.2 Å². The molecule has 5 aromatic rings. The molecule has 7 atom stereocenters. The molecule has 2 aliphatic rings. The highest BCUT2D eigenvalue weighted by molar-refractivity contribution is 7.46. The molecule has 7 N–H and O–H groups in total. The fraction of sp³-hybridized carbons (Fsp3) is 0.321. The maximum atomic E-state index is 11.3. The summed E-state index contributed by atoms with van der Waals surface area (Å²) in [6.07, 6.45) is -4.28. The number of aliphatic hydroxyl groups excluding tert-OH is 4. The lowest BCUT2D eigenvalue weighted by molar-refractivity contribution is -0.0766. The predicted molar refractivity (Wildman–Crippen MR) is 153 cm³/mol. The van der Waals surface area contributed by atoms with Gasteiger partial charge in [0, 0.05) is 6.42 Å². The molecule has 0 unspecified atom stereocenters. The van der Waals surface area contributed by atoms with Crippen LogP contribution < -0.4 is 5.32 Å². The Hall–Kier alpha value is -3.56. The summed E-state index contributed by atoms with van der Waals surface area (Å²) in [6, 6.07) is 14.5. The first kappa shape index (κ1) is 28.2. The first-order valence-corrected chi connectivity index (χ1v) is 15.1. The Morgan fingerprint density at radius 2 is 1.74 bits per heavy atom. The van der Waals surface area contributed by atoms with Crippen LogP contribution in [0.5, 0.6) is 0 Å². The first-order chi connectivity index (χ1) is 20.6. The highest BCUT2D eigenvalue weighted by Gasteiger charge is 2.43. The van der Waals surface area contributed by atoms with Crippen LogP contribution in [0.25, 0.3) is 32.7 Å². The lowest BCUT2D eigenvalue weighted by atomic mass is 9.78. The van der Waals surface area contributed by atoms with Crippen molar-refractivity contribution in [3.63, 3.8) is 0 Å². The Labute approximate surface area is 243 Å². The Kier molecular flexibility index (Phi) is 6.93. The minimum atomic E-state index is -4.71. The second kappa shape index (κ2) is 10.6. The van der Waals surface area contributed by atoms with Crippen LogP contribution in [0.15, 0.2) is 61.2 Å². The van der Waals surface area contributed by atoms with Crippen molar-refractivity contribution in [2.24, 2.45) is 0 Å². The maximum Gasteiger partial charge on any atom is 0.469 e. The molecule has 1 fully saturated rings. The van der Waals surface area contributed by atoms with Crippen LogP contribution in [0, 0.1) is 0 Å². The molecule has 3 heterocycles. The number of imidazole rings is 1. The van der Waals surface area contributed by atoms with Crippen molar-refractivity contribution in [3.05, 3.63) is 72.3 Å². The van der Waals surface area contributed by atoms with Gasteiger partial charge in [-0.1, -0.05) is 48.5 Å². The molecule has 1 aliphatic carbocycles. The SMILES string of the molecule is O=P(O)(O)OC[C@@H]1C[C@@H](O)[C@H](n2cnc3c(N[C@H]4c5c(ccc6ccc7ccccc7c56)[C@@H](O)[C@H](O)[C@@H]4O)ncnc32)O1. The molecule has 2 aromatic heterocycles. The topological polar surface area (TPSA) is 213 Å². The summed E-state index contributed by atoms with van der Waals surface area (Å²) in [6.45, 7) is -0.415. The maximum absolute atomic E-state index is 11.3. The van der Waals surface area contributed by atoms with E-state index in [1.165, 1.54) is 17.2 Å². The molecule has 3 aromatic carbocycles. The number of hydrogen-bond acceptors (Lipinski definition) is 11. The van der Waals surface area contributed by atoms with E-state index in [1.807, 2.05) is 42.5 Å². The molecular formula is C28H28N5O9P. The van der Waals surface area contributed by atoms with Crippen molar-refractivity contribution in [1.29, 1.82) is 0 Å². The number of nitrogens with one attached hydrogen (secondary N) is 1. The Morgan fingerprint density at radius 1 is 0.977 bits per heavy atom. The molecule has 0 amide bonds. The number of benzene rings is 3. The summed E-state index contributed by atoms with van der Waals surface area (Å²) in [4.78, 5) is 31.1. The number of phosphoric acid groups is 1. The van der Waals surface area contributed by atoms with Gasteiger partial charge in [0.1, 0.15) is 30.7 Å². The third kappa shape index (κ3) is 4.86. The molecule has 0 saturated carbocycles. The zero-order valence-corrected chi connectivity index (χ0v) is 23.3. The minimum absolute atomic E-state index is 0.0623. The average Bonchev–Trinajstić information content (AvgIpc) is 3.59. The quantitative estimate of drug-likeness (QED) is 0.108.